The number of hydrogen-bond acceptors (Lipinski definition) is 6. The average Bonchev–Trinajstić information content (AvgIpc) is 3.34. The normalized spacial score (nSPS) is 14.4. The van der Waals surface area contributed by atoms with Gasteiger partial charge in [0.15, 0.2) is 5.82 Å². The summed E-state index contributed by atoms with van der Waals surface area (Å²) in [6.07, 6.45) is 0.380. The van der Waals surface area contributed by atoms with Gasteiger partial charge in [0.25, 0.3) is 0 Å². The zero-order valence-electron chi connectivity index (χ0n) is 19.7. The van der Waals surface area contributed by atoms with E-state index in [9.17, 15) is 9.90 Å². The van der Waals surface area contributed by atoms with Crippen molar-refractivity contribution in [3.05, 3.63) is 104 Å². The van der Waals surface area contributed by atoms with Crippen molar-refractivity contribution in [2.75, 3.05) is 0 Å². The SMILES string of the molecule is [C-]#[N+]Cc1sc2c(c1C)C(c1ccc(Cl)cc1)=N[C@@H](CC(=O)Cc1ccc(O)cc1)c1nnc(C)n1-2. The van der Waals surface area contributed by atoms with Crippen LogP contribution in [0.1, 0.15) is 51.2 Å². The van der Waals surface area contributed by atoms with Crippen molar-refractivity contribution in [1.82, 2.24) is 14.8 Å². The van der Waals surface area contributed by atoms with Crippen molar-refractivity contribution in [1.29, 1.82) is 0 Å². The summed E-state index contributed by atoms with van der Waals surface area (Å²) in [5.41, 5.74) is 4.38. The van der Waals surface area contributed by atoms with Gasteiger partial charge in [-0.2, -0.15) is 0 Å². The smallest absolute Gasteiger partial charge is 0.249 e. The summed E-state index contributed by atoms with van der Waals surface area (Å²) in [4.78, 5) is 22.9. The lowest BCUT2D eigenvalue weighted by Gasteiger charge is -2.12. The fourth-order valence-electron chi connectivity index (χ4n) is 4.42. The van der Waals surface area contributed by atoms with Gasteiger partial charge in [0.05, 0.1) is 10.6 Å². The second-order valence-electron chi connectivity index (χ2n) is 8.67. The molecule has 0 fully saturated rings. The fourth-order valence-corrected chi connectivity index (χ4v) is 5.83. The summed E-state index contributed by atoms with van der Waals surface area (Å²) in [5, 5.41) is 19.8. The van der Waals surface area contributed by atoms with Crippen LogP contribution >= 0.6 is 22.9 Å². The zero-order valence-corrected chi connectivity index (χ0v) is 21.3. The lowest BCUT2D eigenvalue weighted by atomic mass is 9.99. The Hall–Kier alpha value is -3.80. The van der Waals surface area contributed by atoms with E-state index >= 15 is 0 Å². The van der Waals surface area contributed by atoms with Crippen LogP contribution in [0.15, 0.2) is 53.5 Å². The fraction of sp³-hybridized carbons (Fsp3) is 0.222. The van der Waals surface area contributed by atoms with Crippen LogP contribution < -0.4 is 0 Å². The first kappa shape index (κ1) is 23.9. The van der Waals surface area contributed by atoms with Gasteiger partial charge in [-0.05, 0) is 49.2 Å². The maximum Gasteiger partial charge on any atom is 0.249 e. The van der Waals surface area contributed by atoms with E-state index in [-0.39, 0.29) is 30.9 Å². The van der Waals surface area contributed by atoms with E-state index in [0.29, 0.717) is 16.7 Å². The third kappa shape index (κ3) is 4.43. The van der Waals surface area contributed by atoms with Crippen molar-refractivity contribution >= 4 is 34.4 Å². The van der Waals surface area contributed by atoms with Gasteiger partial charge < -0.3 is 9.95 Å². The minimum Gasteiger partial charge on any atom is -0.508 e. The maximum atomic E-state index is 13.2. The van der Waals surface area contributed by atoms with Gasteiger partial charge in [-0.1, -0.05) is 35.9 Å². The summed E-state index contributed by atoms with van der Waals surface area (Å²) >= 11 is 7.71. The van der Waals surface area contributed by atoms with E-state index in [2.05, 4.69) is 15.0 Å². The molecule has 180 valence electrons. The Balaban J connectivity index is 1.63. The molecule has 2 aromatic heterocycles. The first-order valence-electron chi connectivity index (χ1n) is 11.4. The summed E-state index contributed by atoms with van der Waals surface area (Å²) in [6.45, 7) is 11.6. The molecular weight excluding hydrogens is 494 g/mol. The van der Waals surface area contributed by atoms with Gasteiger partial charge in [-0.25, -0.2) is 6.57 Å². The molecule has 0 radical (unpaired) electrons. The van der Waals surface area contributed by atoms with Crippen molar-refractivity contribution < 1.29 is 9.90 Å². The number of rotatable bonds is 6. The highest BCUT2D eigenvalue weighted by atomic mass is 35.5. The first-order chi connectivity index (χ1) is 17.4. The van der Waals surface area contributed by atoms with E-state index in [1.165, 1.54) is 0 Å². The molecule has 0 aliphatic carbocycles. The molecule has 0 spiro atoms. The highest BCUT2D eigenvalue weighted by Crippen LogP contribution is 2.40. The molecule has 1 aliphatic heterocycles. The Bertz CT molecular complexity index is 1530. The Morgan fingerprint density at radius 3 is 2.56 bits per heavy atom. The number of phenolic OH excluding ortho intramolecular Hbond substituents is 1. The number of carbonyl (C=O) groups excluding carboxylic acids is 1. The molecule has 3 heterocycles. The van der Waals surface area contributed by atoms with E-state index in [1.807, 2.05) is 42.7 Å². The molecule has 9 heteroatoms. The van der Waals surface area contributed by atoms with Crippen LogP contribution in [0.3, 0.4) is 0 Å². The summed E-state index contributed by atoms with van der Waals surface area (Å²) < 4.78 is 1.98. The van der Waals surface area contributed by atoms with Gasteiger partial charge >= 0.3 is 0 Å². The Labute approximate surface area is 217 Å². The molecule has 1 N–H and O–H groups in total. The molecular formula is C27H22ClN5O2S. The van der Waals surface area contributed by atoms with Gasteiger partial charge in [-0.15, -0.1) is 21.5 Å². The quantitative estimate of drug-likeness (QED) is 0.328. The molecule has 0 saturated carbocycles. The highest BCUT2D eigenvalue weighted by molar-refractivity contribution is 7.15. The van der Waals surface area contributed by atoms with Crippen LogP contribution in [-0.4, -0.2) is 31.4 Å². The largest absolute Gasteiger partial charge is 0.508 e. The Morgan fingerprint density at radius 2 is 1.86 bits per heavy atom. The molecule has 7 nitrogen and oxygen atoms in total. The number of hydrogen-bond donors (Lipinski definition) is 1. The number of aromatic nitrogens is 3. The lowest BCUT2D eigenvalue weighted by molar-refractivity contribution is -0.118. The zero-order chi connectivity index (χ0) is 25.4. The number of ketones is 1. The van der Waals surface area contributed by atoms with Crippen molar-refractivity contribution in [2.45, 2.75) is 39.3 Å². The number of nitrogens with zero attached hydrogens (tertiary/aromatic N) is 5. The van der Waals surface area contributed by atoms with Crippen LogP contribution in [0.2, 0.25) is 5.02 Å². The Morgan fingerprint density at radius 1 is 1.14 bits per heavy atom. The summed E-state index contributed by atoms with van der Waals surface area (Å²) in [5.74, 6) is 1.47. The molecule has 4 aromatic rings. The summed E-state index contributed by atoms with van der Waals surface area (Å²) in [6, 6.07) is 13.6. The van der Waals surface area contributed by atoms with Crippen LogP contribution in [0.5, 0.6) is 5.75 Å². The second kappa shape index (κ2) is 9.69. The van der Waals surface area contributed by atoms with E-state index < -0.39 is 6.04 Å². The number of aromatic hydroxyl groups is 1. The number of thiophene rings is 1. The van der Waals surface area contributed by atoms with Crippen molar-refractivity contribution in [3.8, 4) is 10.8 Å². The predicted molar refractivity (Wildman–Crippen MR) is 140 cm³/mol. The molecule has 0 bridgehead atoms. The molecule has 36 heavy (non-hydrogen) atoms. The van der Waals surface area contributed by atoms with E-state index in [0.717, 1.165) is 37.8 Å². The number of aryl methyl sites for hydroxylation is 1. The number of carbonyl (C=O) groups is 1. The molecule has 1 atom stereocenters. The minimum atomic E-state index is -0.537. The standard InChI is InChI=1S/C27H22ClN5O2S/c1-15-23(14-29-3)36-27-24(15)25(18-6-8-19(28)9-7-18)30-22(26-32-31-16(2)33(26)27)13-21(35)12-17-4-10-20(34)11-5-17/h4-11,22,34H,12-14H2,1-2H3/t22-/m0/s1. The van der Waals surface area contributed by atoms with Gasteiger partial charge in [0.2, 0.25) is 6.54 Å². The van der Waals surface area contributed by atoms with Crippen LogP contribution in [0, 0.1) is 20.4 Å². The predicted octanol–water partition coefficient (Wildman–Crippen LogP) is 5.82. The third-order valence-electron chi connectivity index (χ3n) is 6.20. The van der Waals surface area contributed by atoms with Crippen LogP contribution in [-0.2, 0) is 17.8 Å². The molecule has 1 aliphatic rings. The lowest BCUT2D eigenvalue weighted by Crippen LogP contribution is -2.13. The van der Waals surface area contributed by atoms with Gasteiger partial charge in [-0.3, -0.25) is 14.4 Å². The molecule has 0 amide bonds. The molecule has 2 aromatic carbocycles. The summed E-state index contributed by atoms with van der Waals surface area (Å²) in [7, 11) is 0. The molecule has 5 rings (SSSR count). The van der Waals surface area contributed by atoms with Crippen molar-refractivity contribution in [3.63, 3.8) is 0 Å². The topological polar surface area (TPSA) is 84.7 Å². The second-order valence-corrected chi connectivity index (χ2v) is 10.2. The van der Waals surface area contributed by atoms with Crippen molar-refractivity contribution in [2.24, 2.45) is 4.99 Å². The van der Waals surface area contributed by atoms with Crippen LogP contribution in [0.4, 0.5) is 0 Å². The average molecular weight is 516 g/mol. The minimum absolute atomic E-state index is 0.00720. The third-order valence-corrected chi connectivity index (χ3v) is 7.71. The highest BCUT2D eigenvalue weighted by Gasteiger charge is 2.33. The molecule has 0 unspecified atom stereocenters. The van der Waals surface area contributed by atoms with E-state index in [4.69, 9.17) is 23.2 Å². The monoisotopic (exact) mass is 515 g/mol. The van der Waals surface area contributed by atoms with Gasteiger partial charge in [0.1, 0.15) is 28.4 Å². The number of Topliss-reactive ketones (excluding diaryl/α,β-unsaturated/α-hetero) is 1. The maximum absolute atomic E-state index is 13.2. The van der Waals surface area contributed by atoms with E-state index in [1.54, 1.807) is 35.6 Å². The Kier molecular flexibility index (Phi) is 6.44. The number of aliphatic imine (C=N–C) groups is 1. The number of phenols is 1. The number of fused-ring (bicyclic) bond motifs is 3. The first-order valence-corrected chi connectivity index (χ1v) is 12.6. The van der Waals surface area contributed by atoms with Gasteiger partial charge in [0, 0.05) is 29.0 Å². The molecule has 0 saturated heterocycles. The number of halogens is 1. The number of benzene rings is 2. The van der Waals surface area contributed by atoms with Crippen LogP contribution in [0.25, 0.3) is 9.85 Å².